The number of anilines is 1. The minimum absolute atomic E-state index is 0.382. The molecule has 1 aliphatic rings. The monoisotopic (exact) mass is 405 g/mol. The van der Waals surface area contributed by atoms with Gasteiger partial charge in [0.05, 0.1) is 5.56 Å². The third-order valence-electron chi connectivity index (χ3n) is 4.65. The van der Waals surface area contributed by atoms with Crippen LogP contribution in [0.1, 0.15) is 23.6 Å². The number of carbonyl (C=O) groups excluding carboxylic acids is 3. The van der Waals surface area contributed by atoms with E-state index in [-0.39, 0.29) is 5.56 Å². The van der Waals surface area contributed by atoms with E-state index in [0.29, 0.717) is 10.6 Å². The van der Waals surface area contributed by atoms with Crippen LogP contribution in [0.15, 0.2) is 48.5 Å². The molecule has 6 nitrogen and oxygen atoms in total. The second kappa shape index (κ2) is 7.23. The Hall–Kier alpha value is -3.36. The fourth-order valence-electron chi connectivity index (χ4n) is 3.26. The standard InChI is InChI=1S/C20H18F3N3O3/c1-12-6-5-7-13(10-12)24-16(27)11-26-17(28)19(2,25-18(26)29)14-8-3-4-9-15(14)20(21,22)23/h3-10H,11H2,1-2H3,(H,24,27)(H,25,29)/t19-/m1/s1. The predicted octanol–water partition coefficient (Wildman–Crippen LogP) is 3.42. The number of amides is 4. The summed E-state index contributed by atoms with van der Waals surface area (Å²) in [5.41, 5.74) is -1.97. The lowest BCUT2D eigenvalue weighted by Gasteiger charge is -2.25. The van der Waals surface area contributed by atoms with Crippen molar-refractivity contribution >= 4 is 23.5 Å². The van der Waals surface area contributed by atoms with Crippen LogP contribution in [-0.4, -0.2) is 29.3 Å². The number of hydrogen-bond donors (Lipinski definition) is 2. The third-order valence-corrected chi connectivity index (χ3v) is 4.65. The summed E-state index contributed by atoms with van der Waals surface area (Å²) in [5, 5.41) is 4.86. The van der Waals surface area contributed by atoms with Gasteiger partial charge in [0.1, 0.15) is 12.1 Å². The molecule has 0 radical (unpaired) electrons. The number of nitrogens with zero attached hydrogens (tertiary/aromatic N) is 1. The number of rotatable bonds is 4. The number of benzene rings is 2. The fraction of sp³-hybridized carbons (Fsp3) is 0.250. The van der Waals surface area contributed by atoms with Gasteiger partial charge in [0.15, 0.2) is 0 Å². The van der Waals surface area contributed by atoms with Gasteiger partial charge in [-0.2, -0.15) is 13.2 Å². The summed E-state index contributed by atoms with van der Waals surface area (Å²) in [7, 11) is 0. The van der Waals surface area contributed by atoms with Crippen LogP contribution in [-0.2, 0) is 21.3 Å². The number of aryl methyl sites for hydroxylation is 1. The number of imide groups is 1. The number of halogens is 3. The predicted molar refractivity (Wildman–Crippen MR) is 98.8 cm³/mol. The SMILES string of the molecule is Cc1cccc(NC(=O)CN2C(=O)N[C@](C)(c3ccccc3C(F)(F)F)C2=O)c1. The molecule has 9 heteroatoms. The Balaban J connectivity index is 1.84. The zero-order chi connectivity index (χ0) is 21.4. The van der Waals surface area contributed by atoms with Gasteiger partial charge in [-0.15, -0.1) is 0 Å². The normalized spacial score (nSPS) is 19.3. The highest BCUT2D eigenvalue weighted by molar-refractivity contribution is 6.10. The zero-order valence-corrected chi connectivity index (χ0v) is 15.6. The Morgan fingerprint density at radius 2 is 1.83 bits per heavy atom. The van der Waals surface area contributed by atoms with Crippen molar-refractivity contribution in [3.8, 4) is 0 Å². The highest BCUT2D eigenvalue weighted by atomic mass is 19.4. The summed E-state index contributed by atoms with van der Waals surface area (Å²) >= 11 is 0. The van der Waals surface area contributed by atoms with E-state index in [1.807, 2.05) is 13.0 Å². The number of urea groups is 1. The van der Waals surface area contributed by atoms with E-state index in [0.717, 1.165) is 17.7 Å². The van der Waals surface area contributed by atoms with Gasteiger partial charge in [-0.05, 0) is 43.2 Å². The molecule has 0 saturated carbocycles. The number of nitrogens with one attached hydrogen (secondary N) is 2. The molecule has 0 bridgehead atoms. The molecule has 1 atom stereocenters. The van der Waals surface area contributed by atoms with Gasteiger partial charge >= 0.3 is 12.2 Å². The van der Waals surface area contributed by atoms with Crippen LogP contribution in [0.25, 0.3) is 0 Å². The van der Waals surface area contributed by atoms with Crippen LogP contribution in [0.5, 0.6) is 0 Å². The molecule has 1 fully saturated rings. The van der Waals surface area contributed by atoms with Crippen LogP contribution in [0, 0.1) is 6.92 Å². The minimum atomic E-state index is -4.71. The van der Waals surface area contributed by atoms with Crippen molar-refractivity contribution in [3.05, 3.63) is 65.2 Å². The quantitative estimate of drug-likeness (QED) is 0.766. The molecule has 0 aromatic heterocycles. The maximum atomic E-state index is 13.4. The average Bonchev–Trinajstić information content (AvgIpc) is 2.85. The fourth-order valence-corrected chi connectivity index (χ4v) is 3.26. The molecule has 2 N–H and O–H groups in total. The molecule has 2 aromatic rings. The third kappa shape index (κ3) is 3.94. The van der Waals surface area contributed by atoms with Gasteiger partial charge in [-0.25, -0.2) is 4.79 Å². The van der Waals surface area contributed by atoms with Crippen molar-refractivity contribution in [2.75, 3.05) is 11.9 Å². The summed E-state index contributed by atoms with van der Waals surface area (Å²) in [6.07, 6.45) is -4.71. The zero-order valence-electron chi connectivity index (χ0n) is 15.6. The van der Waals surface area contributed by atoms with Crippen LogP contribution in [0.4, 0.5) is 23.7 Å². The van der Waals surface area contributed by atoms with Gasteiger partial charge in [0.25, 0.3) is 5.91 Å². The average molecular weight is 405 g/mol. The Labute approximate surface area is 164 Å². The van der Waals surface area contributed by atoms with Gasteiger partial charge in [0.2, 0.25) is 5.91 Å². The lowest BCUT2D eigenvalue weighted by Crippen LogP contribution is -2.43. The highest BCUT2D eigenvalue weighted by Gasteiger charge is 2.52. The summed E-state index contributed by atoms with van der Waals surface area (Å²) in [5.74, 6) is -1.58. The molecule has 0 aliphatic carbocycles. The molecule has 1 saturated heterocycles. The van der Waals surface area contributed by atoms with Crippen molar-refractivity contribution in [3.63, 3.8) is 0 Å². The van der Waals surface area contributed by atoms with Crippen LogP contribution in [0.3, 0.4) is 0 Å². The maximum absolute atomic E-state index is 13.4. The molecular formula is C20H18F3N3O3. The number of hydrogen-bond acceptors (Lipinski definition) is 3. The molecule has 4 amide bonds. The van der Waals surface area contributed by atoms with Gasteiger partial charge in [0, 0.05) is 5.69 Å². The highest BCUT2D eigenvalue weighted by Crippen LogP contribution is 2.39. The van der Waals surface area contributed by atoms with Crippen molar-refractivity contribution in [1.29, 1.82) is 0 Å². The van der Waals surface area contributed by atoms with E-state index in [4.69, 9.17) is 0 Å². The molecule has 0 unspecified atom stereocenters. The first-order valence-electron chi connectivity index (χ1n) is 8.70. The largest absolute Gasteiger partial charge is 0.416 e. The van der Waals surface area contributed by atoms with Crippen molar-refractivity contribution < 1.29 is 27.6 Å². The Kier molecular flexibility index (Phi) is 5.08. The summed E-state index contributed by atoms with van der Waals surface area (Å²) in [4.78, 5) is 38.1. The molecule has 152 valence electrons. The van der Waals surface area contributed by atoms with Crippen molar-refractivity contribution in [1.82, 2.24) is 10.2 Å². The van der Waals surface area contributed by atoms with Gasteiger partial charge in [-0.3, -0.25) is 14.5 Å². The molecule has 3 rings (SSSR count). The van der Waals surface area contributed by atoms with E-state index in [1.165, 1.54) is 19.1 Å². The molecule has 1 aliphatic heterocycles. The smallest absolute Gasteiger partial charge is 0.325 e. The molecule has 2 aromatic carbocycles. The van der Waals surface area contributed by atoms with E-state index in [2.05, 4.69) is 10.6 Å². The Morgan fingerprint density at radius 1 is 1.14 bits per heavy atom. The van der Waals surface area contributed by atoms with E-state index in [1.54, 1.807) is 18.2 Å². The first-order valence-corrected chi connectivity index (χ1v) is 8.70. The summed E-state index contributed by atoms with van der Waals surface area (Å²) in [6.45, 7) is 2.40. The Morgan fingerprint density at radius 3 is 2.48 bits per heavy atom. The maximum Gasteiger partial charge on any atom is 0.416 e. The van der Waals surface area contributed by atoms with Crippen molar-refractivity contribution in [2.45, 2.75) is 25.6 Å². The first kappa shape index (κ1) is 20.4. The number of alkyl halides is 3. The van der Waals surface area contributed by atoms with Gasteiger partial charge < -0.3 is 10.6 Å². The molecule has 29 heavy (non-hydrogen) atoms. The Bertz CT molecular complexity index is 990. The van der Waals surface area contributed by atoms with Crippen LogP contribution >= 0.6 is 0 Å². The molecule has 0 spiro atoms. The van der Waals surface area contributed by atoms with Crippen LogP contribution < -0.4 is 10.6 Å². The second-order valence-electron chi connectivity index (χ2n) is 6.91. The topological polar surface area (TPSA) is 78.5 Å². The number of carbonyl (C=O) groups is 3. The summed E-state index contributed by atoms with van der Waals surface area (Å²) < 4.78 is 40.1. The second-order valence-corrected chi connectivity index (χ2v) is 6.91. The van der Waals surface area contributed by atoms with E-state index < -0.39 is 41.7 Å². The minimum Gasteiger partial charge on any atom is -0.325 e. The molecule has 1 heterocycles. The lowest BCUT2D eigenvalue weighted by molar-refractivity contribution is -0.140. The van der Waals surface area contributed by atoms with Crippen LogP contribution in [0.2, 0.25) is 0 Å². The van der Waals surface area contributed by atoms with E-state index >= 15 is 0 Å². The first-order chi connectivity index (χ1) is 13.5. The van der Waals surface area contributed by atoms with E-state index in [9.17, 15) is 27.6 Å². The van der Waals surface area contributed by atoms with Gasteiger partial charge in [-0.1, -0.05) is 30.3 Å². The lowest BCUT2D eigenvalue weighted by atomic mass is 9.87. The van der Waals surface area contributed by atoms with Crippen molar-refractivity contribution in [2.24, 2.45) is 0 Å². The molecular weight excluding hydrogens is 387 g/mol. The summed E-state index contributed by atoms with van der Waals surface area (Å²) in [6, 6.07) is 10.5.